The molecule has 4 aromatic rings. The fourth-order valence-corrected chi connectivity index (χ4v) is 4.13. The first-order valence-electron chi connectivity index (χ1n) is 9.01. The number of rotatable bonds is 6. The van der Waals surface area contributed by atoms with Crippen molar-refractivity contribution < 1.29 is 18.8 Å². The smallest absolute Gasteiger partial charge is 0.331 e. The number of aliphatic hydroxyl groups is 1. The van der Waals surface area contributed by atoms with E-state index < -0.39 is 23.3 Å². The van der Waals surface area contributed by atoms with Gasteiger partial charge < -0.3 is 15.4 Å². The van der Waals surface area contributed by atoms with Crippen LogP contribution in [0.25, 0.3) is 10.1 Å². The van der Waals surface area contributed by atoms with Gasteiger partial charge in [-0.2, -0.15) is 4.98 Å². The Morgan fingerprint density at radius 3 is 2.87 bits per heavy atom. The van der Waals surface area contributed by atoms with E-state index in [-0.39, 0.29) is 36.1 Å². The van der Waals surface area contributed by atoms with E-state index in [4.69, 9.17) is 10.3 Å². The molecule has 31 heavy (non-hydrogen) atoms. The first-order valence-corrected chi connectivity index (χ1v) is 9.83. The lowest BCUT2D eigenvalue weighted by Gasteiger charge is -2.06. The summed E-state index contributed by atoms with van der Waals surface area (Å²) in [5, 5.41) is 15.1. The molecule has 0 aliphatic heterocycles. The molecule has 10 nitrogen and oxygen atoms in total. The molecule has 0 fully saturated rings. The van der Waals surface area contributed by atoms with Gasteiger partial charge in [0.1, 0.15) is 17.9 Å². The van der Waals surface area contributed by atoms with Gasteiger partial charge in [0.25, 0.3) is 11.5 Å². The summed E-state index contributed by atoms with van der Waals surface area (Å²) >= 11 is 1.26. The van der Waals surface area contributed by atoms with Gasteiger partial charge >= 0.3 is 5.69 Å². The molecule has 0 aliphatic rings. The minimum Gasteiger partial charge on any atom is -0.387 e. The molecule has 1 aromatic carbocycles. The summed E-state index contributed by atoms with van der Waals surface area (Å²) in [6.07, 6.45) is 0.142. The Bertz CT molecular complexity index is 1420. The summed E-state index contributed by atoms with van der Waals surface area (Å²) in [5.41, 5.74) is 3.34. The lowest BCUT2D eigenvalue weighted by atomic mass is 10.2. The molecule has 3 N–H and O–H groups in total. The van der Waals surface area contributed by atoms with E-state index >= 15 is 0 Å². The van der Waals surface area contributed by atoms with Gasteiger partial charge in [-0.25, -0.2) is 9.18 Å². The standard InChI is InChI=1S/C19H16FN5O5S/c1-24-18(28)11(17(21)27)7-25(19(24)29)8-16-22-15(23-30-16)6-12(26)14-4-9-2-3-10(20)5-13(9)31-14/h2-5,7,12,26H,6,8H2,1H3,(H2,21,27)/t12-/m0/s1. The molecule has 0 aliphatic carbocycles. The molecule has 12 heteroatoms. The fourth-order valence-electron chi connectivity index (χ4n) is 3.06. The van der Waals surface area contributed by atoms with Crippen LogP contribution in [0.4, 0.5) is 4.39 Å². The van der Waals surface area contributed by atoms with Crippen LogP contribution >= 0.6 is 11.3 Å². The second-order valence-electron chi connectivity index (χ2n) is 6.84. The number of carbonyl (C=O) groups is 1. The molecule has 0 spiro atoms. The highest BCUT2D eigenvalue weighted by Gasteiger charge is 2.18. The molecule has 0 saturated carbocycles. The van der Waals surface area contributed by atoms with Crippen molar-refractivity contribution >= 4 is 27.3 Å². The molecule has 3 heterocycles. The van der Waals surface area contributed by atoms with E-state index in [0.29, 0.717) is 9.58 Å². The Morgan fingerprint density at radius 2 is 2.13 bits per heavy atom. The number of aliphatic hydroxyl groups excluding tert-OH is 1. The molecule has 160 valence electrons. The molecule has 0 radical (unpaired) electrons. The van der Waals surface area contributed by atoms with Gasteiger partial charge in [-0.3, -0.25) is 18.7 Å². The van der Waals surface area contributed by atoms with Crippen molar-refractivity contribution in [1.82, 2.24) is 19.3 Å². The van der Waals surface area contributed by atoms with Crippen LogP contribution in [0, 0.1) is 5.82 Å². The Hall–Kier alpha value is -3.64. The summed E-state index contributed by atoms with van der Waals surface area (Å²) in [5.74, 6) is -1.09. The number of fused-ring (bicyclic) bond motifs is 1. The number of carbonyl (C=O) groups excluding carboxylic acids is 1. The number of benzene rings is 1. The van der Waals surface area contributed by atoms with Crippen molar-refractivity contribution in [3.8, 4) is 0 Å². The van der Waals surface area contributed by atoms with E-state index in [1.54, 1.807) is 12.1 Å². The predicted molar refractivity (Wildman–Crippen MR) is 108 cm³/mol. The first kappa shape index (κ1) is 20.6. The largest absolute Gasteiger partial charge is 0.387 e. The van der Waals surface area contributed by atoms with E-state index in [9.17, 15) is 23.9 Å². The minimum atomic E-state index is -0.966. The topological polar surface area (TPSA) is 146 Å². The second-order valence-corrected chi connectivity index (χ2v) is 7.95. The maximum absolute atomic E-state index is 13.4. The monoisotopic (exact) mass is 445 g/mol. The normalized spacial score (nSPS) is 12.4. The number of primary amides is 1. The number of hydrogen-bond donors (Lipinski definition) is 2. The molecular weight excluding hydrogens is 429 g/mol. The molecule has 0 unspecified atom stereocenters. The van der Waals surface area contributed by atoms with Gasteiger partial charge in [0.2, 0.25) is 5.89 Å². The summed E-state index contributed by atoms with van der Waals surface area (Å²) in [6, 6.07) is 6.14. The Labute approximate surface area is 177 Å². The highest BCUT2D eigenvalue weighted by atomic mass is 32.1. The third kappa shape index (κ3) is 4.02. The van der Waals surface area contributed by atoms with Gasteiger partial charge in [-0.1, -0.05) is 11.2 Å². The number of thiophene rings is 1. The summed E-state index contributed by atoms with van der Waals surface area (Å²) in [7, 11) is 1.22. The van der Waals surface area contributed by atoms with E-state index in [1.807, 2.05) is 0 Å². The quantitative estimate of drug-likeness (QED) is 0.444. The summed E-state index contributed by atoms with van der Waals surface area (Å²) in [4.78, 5) is 40.4. The van der Waals surface area contributed by atoms with Crippen molar-refractivity contribution in [3.05, 3.63) is 79.3 Å². The van der Waals surface area contributed by atoms with E-state index in [1.165, 1.54) is 30.5 Å². The van der Waals surface area contributed by atoms with E-state index in [2.05, 4.69) is 10.1 Å². The van der Waals surface area contributed by atoms with E-state index in [0.717, 1.165) is 20.7 Å². The predicted octanol–water partition coefficient (Wildman–Crippen LogP) is 0.707. The highest BCUT2D eigenvalue weighted by Crippen LogP contribution is 2.31. The number of halogens is 1. The average Bonchev–Trinajstić information content (AvgIpc) is 3.34. The summed E-state index contributed by atoms with van der Waals surface area (Å²) < 4.78 is 21.0. The molecule has 1 atom stereocenters. The van der Waals surface area contributed by atoms with Crippen molar-refractivity contribution in [2.75, 3.05) is 0 Å². The zero-order chi connectivity index (χ0) is 22.3. The zero-order valence-corrected chi connectivity index (χ0v) is 16.9. The minimum absolute atomic E-state index is 0.0352. The fraction of sp³-hybridized carbons (Fsp3) is 0.211. The van der Waals surface area contributed by atoms with Gasteiger partial charge in [0.05, 0.1) is 6.10 Å². The van der Waals surface area contributed by atoms with Gasteiger partial charge in [-0.05, 0) is 23.6 Å². The van der Waals surface area contributed by atoms with Crippen molar-refractivity contribution in [3.63, 3.8) is 0 Å². The van der Waals surface area contributed by atoms with Crippen molar-refractivity contribution in [2.45, 2.75) is 19.1 Å². The molecule has 1 amide bonds. The van der Waals surface area contributed by atoms with Gasteiger partial charge in [-0.15, -0.1) is 11.3 Å². The maximum atomic E-state index is 13.4. The molecule has 4 rings (SSSR count). The highest BCUT2D eigenvalue weighted by molar-refractivity contribution is 7.19. The summed E-state index contributed by atoms with van der Waals surface area (Å²) in [6.45, 7) is -0.196. The zero-order valence-electron chi connectivity index (χ0n) is 16.1. The number of nitrogens with zero attached hydrogens (tertiary/aromatic N) is 4. The molecule has 3 aromatic heterocycles. The number of amides is 1. The Kier molecular flexibility index (Phi) is 5.25. The van der Waals surface area contributed by atoms with Crippen LogP contribution in [-0.2, 0) is 20.0 Å². The van der Waals surface area contributed by atoms with Crippen LogP contribution in [0.2, 0.25) is 0 Å². The molecule has 0 saturated heterocycles. The third-order valence-corrected chi connectivity index (χ3v) is 5.84. The van der Waals surface area contributed by atoms with Gasteiger partial charge in [0.15, 0.2) is 5.82 Å². The third-order valence-electron chi connectivity index (χ3n) is 4.64. The van der Waals surface area contributed by atoms with Crippen molar-refractivity contribution in [2.24, 2.45) is 12.8 Å². The average molecular weight is 445 g/mol. The Balaban J connectivity index is 1.54. The SMILES string of the molecule is Cn1c(=O)c(C(N)=O)cn(Cc2nc(C[C@H](O)c3cc4ccc(F)cc4s3)no2)c1=O. The lowest BCUT2D eigenvalue weighted by Crippen LogP contribution is -2.41. The van der Waals surface area contributed by atoms with Crippen LogP contribution < -0.4 is 17.0 Å². The van der Waals surface area contributed by atoms with Crippen LogP contribution in [0.5, 0.6) is 0 Å². The van der Waals surface area contributed by atoms with Crippen molar-refractivity contribution in [1.29, 1.82) is 0 Å². The van der Waals surface area contributed by atoms with Crippen LogP contribution in [0.3, 0.4) is 0 Å². The van der Waals surface area contributed by atoms with Gasteiger partial charge in [0, 0.05) is 29.2 Å². The van der Waals surface area contributed by atoms with Crippen LogP contribution in [0.1, 0.15) is 33.1 Å². The maximum Gasteiger partial charge on any atom is 0.331 e. The van der Waals surface area contributed by atoms with Crippen LogP contribution in [-0.4, -0.2) is 30.3 Å². The first-order chi connectivity index (χ1) is 14.7. The number of hydrogen-bond acceptors (Lipinski definition) is 8. The Morgan fingerprint density at radius 1 is 1.35 bits per heavy atom. The second kappa shape index (κ2) is 7.89. The number of nitrogens with two attached hydrogens (primary N) is 1. The molecular formula is C19H16FN5O5S. The van der Waals surface area contributed by atoms with Crippen LogP contribution in [0.15, 0.2) is 44.6 Å². The number of aromatic nitrogens is 4. The lowest BCUT2D eigenvalue weighted by molar-refractivity contribution is 0.0997. The molecule has 0 bridgehead atoms.